The molecule has 0 atom stereocenters. The van der Waals surface area contributed by atoms with Gasteiger partial charge in [-0.1, -0.05) is 0 Å². The molecule has 0 aromatic carbocycles. The van der Waals surface area contributed by atoms with Crippen LogP contribution in [0.3, 0.4) is 0 Å². The van der Waals surface area contributed by atoms with Crippen LogP contribution >= 0.6 is 0 Å². The van der Waals surface area contributed by atoms with Gasteiger partial charge < -0.3 is 10.2 Å². The molecule has 1 amide bonds. The molecular formula is C15H21N5O. The normalized spacial score (nSPS) is 16.2. The first kappa shape index (κ1) is 14.0. The number of aromatic nitrogens is 3. The van der Waals surface area contributed by atoms with Gasteiger partial charge in [-0.05, 0) is 38.3 Å². The first-order valence-corrected chi connectivity index (χ1v) is 7.49. The lowest BCUT2D eigenvalue weighted by molar-refractivity contribution is 0.0786. The summed E-state index contributed by atoms with van der Waals surface area (Å²) in [5, 5.41) is 7.56. The van der Waals surface area contributed by atoms with Crippen molar-refractivity contribution in [3.63, 3.8) is 0 Å². The van der Waals surface area contributed by atoms with E-state index in [9.17, 15) is 4.79 Å². The summed E-state index contributed by atoms with van der Waals surface area (Å²) >= 11 is 0. The van der Waals surface area contributed by atoms with Gasteiger partial charge in [-0.3, -0.25) is 9.78 Å². The Kier molecular flexibility index (Phi) is 4.15. The Bertz CT molecular complexity index is 617. The predicted octanol–water partition coefficient (Wildman–Crippen LogP) is 1.19. The second-order valence-corrected chi connectivity index (χ2v) is 5.67. The fraction of sp³-hybridized carbons (Fsp3) is 0.533. The van der Waals surface area contributed by atoms with Gasteiger partial charge in [0.15, 0.2) is 0 Å². The third-order valence-corrected chi connectivity index (χ3v) is 4.23. The van der Waals surface area contributed by atoms with Gasteiger partial charge in [0.1, 0.15) is 0 Å². The minimum Gasteiger partial charge on any atom is -0.342 e. The maximum absolute atomic E-state index is 12.5. The molecular weight excluding hydrogens is 266 g/mol. The highest BCUT2D eigenvalue weighted by molar-refractivity contribution is 6.00. The molecule has 6 nitrogen and oxygen atoms in total. The Labute approximate surface area is 124 Å². The molecule has 0 radical (unpaired) electrons. The maximum Gasteiger partial charge on any atom is 0.257 e. The zero-order valence-electron chi connectivity index (χ0n) is 12.3. The molecule has 1 aliphatic heterocycles. The highest BCUT2D eigenvalue weighted by Crippen LogP contribution is 2.17. The molecule has 0 bridgehead atoms. The molecule has 21 heavy (non-hydrogen) atoms. The largest absolute Gasteiger partial charge is 0.342 e. The van der Waals surface area contributed by atoms with Crippen LogP contribution in [0, 0.1) is 5.92 Å². The van der Waals surface area contributed by atoms with Gasteiger partial charge >= 0.3 is 0 Å². The summed E-state index contributed by atoms with van der Waals surface area (Å²) in [6, 6.07) is 0. The van der Waals surface area contributed by atoms with E-state index in [0.717, 1.165) is 37.5 Å². The number of hydrogen-bond acceptors (Lipinski definition) is 4. The van der Waals surface area contributed by atoms with Gasteiger partial charge in [0.05, 0.1) is 23.5 Å². The summed E-state index contributed by atoms with van der Waals surface area (Å²) in [6.45, 7) is 2.99. The van der Waals surface area contributed by atoms with Crippen molar-refractivity contribution in [1.82, 2.24) is 24.8 Å². The van der Waals surface area contributed by atoms with E-state index in [2.05, 4.69) is 15.4 Å². The van der Waals surface area contributed by atoms with E-state index in [1.807, 2.05) is 7.05 Å². The van der Waals surface area contributed by atoms with Crippen molar-refractivity contribution in [2.75, 3.05) is 26.7 Å². The molecule has 6 heteroatoms. The average molecular weight is 287 g/mol. The number of hydrogen-bond donors (Lipinski definition) is 1. The molecule has 1 fully saturated rings. The van der Waals surface area contributed by atoms with Crippen molar-refractivity contribution >= 4 is 11.4 Å². The van der Waals surface area contributed by atoms with Crippen molar-refractivity contribution < 1.29 is 4.79 Å². The fourth-order valence-electron chi connectivity index (χ4n) is 2.85. The Morgan fingerprint density at radius 1 is 1.43 bits per heavy atom. The lowest BCUT2D eigenvalue weighted by atomic mass is 9.94. The van der Waals surface area contributed by atoms with Crippen LogP contribution in [0.15, 0.2) is 24.8 Å². The Balaban J connectivity index is 1.64. The summed E-state index contributed by atoms with van der Waals surface area (Å²) in [5.74, 6) is 0.749. The maximum atomic E-state index is 12.5. The molecule has 0 unspecified atom stereocenters. The molecule has 0 aliphatic carbocycles. The Morgan fingerprint density at radius 2 is 2.24 bits per heavy atom. The molecule has 3 heterocycles. The molecule has 0 saturated carbocycles. The van der Waals surface area contributed by atoms with Crippen LogP contribution in [0.25, 0.3) is 5.52 Å². The zero-order chi connectivity index (χ0) is 14.7. The molecule has 112 valence electrons. The van der Waals surface area contributed by atoms with E-state index in [0.29, 0.717) is 5.56 Å². The average Bonchev–Trinajstić information content (AvgIpc) is 2.97. The monoisotopic (exact) mass is 287 g/mol. The number of nitrogens with one attached hydrogen (secondary N) is 1. The van der Waals surface area contributed by atoms with Crippen molar-refractivity contribution in [3.8, 4) is 0 Å². The van der Waals surface area contributed by atoms with Crippen LogP contribution < -0.4 is 5.32 Å². The van der Waals surface area contributed by atoms with E-state index >= 15 is 0 Å². The number of carbonyl (C=O) groups is 1. The van der Waals surface area contributed by atoms with Crippen LogP contribution in [0.5, 0.6) is 0 Å². The van der Waals surface area contributed by atoms with Crippen LogP contribution in [0.2, 0.25) is 0 Å². The van der Waals surface area contributed by atoms with Crippen LogP contribution in [0.4, 0.5) is 0 Å². The van der Waals surface area contributed by atoms with Gasteiger partial charge in [-0.2, -0.15) is 5.10 Å². The number of carbonyl (C=O) groups excluding carboxylic acids is 1. The van der Waals surface area contributed by atoms with Gasteiger partial charge in [0.25, 0.3) is 5.91 Å². The number of piperidine rings is 1. The van der Waals surface area contributed by atoms with Crippen LogP contribution in [-0.4, -0.2) is 52.1 Å². The van der Waals surface area contributed by atoms with Gasteiger partial charge in [-0.15, -0.1) is 0 Å². The summed E-state index contributed by atoms with van der Waals surface area (Å²) in [4.78, 5) is 18.4. The summed E-state index contributed by atoms with van der Waals surface area (Å²) < 4.78 is 1.68. The van der Waals surface area contributed by atoms with E-state index in [1.165, 1.54) is 12.8 Å². The Hall–Kier alpha value is -1.95. The standard InChI is InChI=1S/C15H21N5O/c1-19(8-4-12-2-5-16-6-3-12)15(21)13-10-18-20-9-7-17-11-14(13)20/h7,9-12,16H,2-6,8H2,1H3. The third kappa shape index (κ3) is 3.05. The van der Waals surface area contributed by atoms with Crippen molar-refractivity contribution in [2.24, 2.45) is 5.92 Å². The topological polar surface area (TPSA) is 62.5 Å². The molecule has 1 N–H and O–H groups in total. The smallest absolute Gasteiger partial charge is 0.257 e. The third-order valence-electron chi connectivity index (χ3n) is 4.23. The van der Waals surface area contributed by atoms with Crippen molar-refractivity contribution in [2.45, 2.75) is 19.3 Å². The second-order valence-electron chi connectivity index (χ2n) is 5.67. The molecule has 2 aromatic heterocycles. The van der Waals surface area contributed by atoms with E-state index in [1.54, 1.807) is 34.2 Å². The van der Waals surface area contributed by atoms with E-state index in [-0.39, 0.29) is 5.91 Å². The molecule has 1 aliphatic rings. The minimum absolute atomic E-state index is 0.0203. The molecule has 0 spiro atoms. The highest BCUT2D eigenvalue weighted by Gasteiger charge is 2.19. The first-order valence-electron chi connectivity index (χ1n) is 7.49. The lowest BCUT2D eigenvalue weighted by Crippen LogP contribution is -2.32. The number of fused-ring (bicyclic) bond motifs is 1. The first-order chi connectivity index (χ1) is 10.3. The number of amides is 1. The zero-order valence-corrected chi connectivity index (χ0v) is 12.3. The SMILES string of the molecule is CN(CCC1CCNCC1)C(=O)c1cnn2ccncc12. The fourth-order valence-corrected chi connectivity index (χ4v) is 2.85. The number of nitrogens with zero attached hydrogens (tertiary/aromatic N) is 4. The van der Waals surface area contributed by atoms with Crippen molar-refractivity contribution in [3.05, 3.63) is 30.4 Å². The quantitative estimate of drug-likeness (QED) is 0.917. The molecule has 2 aromatic rings. The highest BCUT2D eigenvalue weighted by atomic mass is 16.2. The minimum atomic E-state index is 0.0203. The summed E-state index contributed by atoms with van der Waals surface area (Å²) in [5.41, 5.74) is 1.38. The second kappa shape index (κ2) is 6.22. The summed E-state index contributed by atoms with van der Waals surface area (Å²) in [7, 11) is 1.86. The predicted molar refractivity (Wildman–Crippen MR) is 80.2 cm³/mol. The molecule has 3 rings (SSSR count). The van der Waals surface area contributed by atoms with E-state index < -0.39 is 0 Å². The van der Waals surface area contributed by atoms with Gasteiger partial charge in [0.2, 0.25) is 0 Å². The summed E-state index contributed by atoms with van der Waals surface area (Å²) in [6.07, 6.45) is 10.2. The van der Waals surface area contributed by atoms with Gasteiger partial charge in [0, 0.05) is 26.0 Å². The lowest BCUT2D eigenvalue weighted by Gasteiger charge is -2.25. The van der Waals surface area contributed by atoms with Crippen LogP contribution in [0.1, 0.15) is 29.6 Å². The number of rotatable bonds is 4. The van der Waals surface area contributed by atoms with Crippen molar-refractivity contribution in [1.29, 1.82) is 0 Å². The van der Waals surface area contributed by atoms with E-state index in [4.69, 9.17) is 0 Å². The molecule has 1 saturated heterocycles. The van der Waals surface area contributed by atoms with Gasteiger partial charge in [-0.25, -0.2) is 4.52 Å². The van der Waals surface area contributed by atoms with Crippen LogP contribution in [-0.2, 0) is 0 Å². The Morgan fingerprint density at radius 3 is 3.05 bits per heavy atom.